The maximum absolute atomic E-state index is 13.4. The highest BCUT2D eigenvalue weighted by atomic mass is 32.2. The number of nitrogens with two attached hydrogens (primary N) is 1. The fourth-order valence-corrected chi connectivity index (χ4v) is 4.79. The summed E-state index contributed by atoms with van der Waals surface area (Å²) in [6.07, 6.45) is -0.524. The highest BCUT2D eigenvalue weighted by Crippen LogP contribution is 2.31. The minimum Gasteiger partial charge on any atom is -0.394 e. The van der Waals surface area contributed by atoms with E-state index in [0.717, 1.165) is 9.54 Å². The summed E-state index contributed by atoms with van der Waals surface area (Å²) in [5.74, 6) is -0.858. The number of fused-ring (bicyclic) bond motifs is 1. The monoisotopic (exact) mass is 533 g/mol. The maximum Gasteiger partial charge on any atom is 0.405 e. The second-order valence-corrected chi connectivity index (χ2v) is 10.0. The van der Waals surface area contributed by atoms with Gasteiger partial charge >= 0.3 is 6.18 Å². The van der Waals surface area contributed by atoms with E-state index >= 15 is 0 Å². The van der Waals surface area contributed by atoms with Crippen molar-refractivity contribution >= 4 is 38.5 Å². The number of nitrogens with one attached hydrogen (secondary N) is 2. The van der Waals surface area contributed by atoms with Crippen LogP contribution in [-0.4, -0.2) is 52.0 Å². The summed E-state index contributed by atoms with van der Waals surface area (Å²) >= 11 is 0. The SMILES string of the molecule is Cc1ccc(S(=O)(=O)n2cc(-c3ncc(N)c(NC(C)C(=O)NCC(F)(F)F)n3)c3cccnc32)cc1. The number of carbonyl (C=O) groups is 1. The van der Waals surface area contributed by atoms with Crippen LogP contribution < -0.4 is 16.4 Å². The molecule has 0 fully saturated rings. The van der Waals surface area contributed by atoms with Crippen molar-refractivity contribution in [2.75, 3.05) is 17.6 Å². The molecule has 1 amide bonds. The third-order valence-corrected chi connectivity index (χ3v) is 7.04. The smallest absolute Gasteiger partial charge is 0.394 e. The summed E-state index contributed by atoms with van der Waals surface area (Å²) in [5, 5.41) is 4.89. The highest BCUT2D eigenvalue weighted by molar-refractivity contribution is 7.90. The van der Waals surface area contributed by atoms with Crippen LogP contribution in [0.5, 0.6) is 0 Å². The van der Waals surface area contributed by atoms with Crippen LogP contribution in [0.3, 0.4) is 0 Å². The van der Waals surface area contributed by atoms with Crippen LogP contribution in [0.1, 0.15) is 12.5 Å². The van der Waals surface area contributed by atoms with Crippen molar-refractivity contribution in [3.05, 3.63) is 60.6 Å². The van der Waals surface area contributed by atoms with Crippen LogP contribution in [0.15, 0.2) is 59.9 Å². The van der Waals surface area contributed by atoms with Crippen molar-refractivity contribution in [2.45, 2.75) is 31.0 Å². The number of benzene rings is 1. The van der Waals surface area contributed by atoms with Crippen LogP contribution >= 0.6 is 0 Å². The molecule has 0 spiro atoms. The quantitative estimate of drug-likeness (QED) is 0.329. The Labute approximate surface area is 209 Å². The number of carbonyl (C=O) groups excluding carboxylic acids is 1. The van der Waals surface area contributed by atoms with E-state index in [0.29, 0.717) is 10.9 Å². The molecule has 14 heteroatoms. The molecule has 194 valence electrons. The first-order valence-electron chi connectivity index (χ1n) is 10.9. The minimum atomic E-state index is -4.56. The van der Waals surface area contributed by atoms with Gasteiger partial charge in [0.25, 0.3) is 10.0 Å². The van der Waals surface area contributed by atoms with Crippen LogP contribution in [-0.2, 0) is 14.8 Å². The van der Waals surface area contributed by atoms with Crippen molar-refractivity contribution in [1.82, 2.24) is 24.2 Å². The number of amides is 1. The van der Waals surface area contributed by atoms with Gasteiger partial charge in [0.05, 0.1) is 16.8 Å². The predicted octanol–water partition coefficient (Wildman–Crippen LogP) is 3.10. The topological polar surface area (TPSA) is 145 Å². The number of hydrogen-bond donors (Lipinski definition) is 3. The number of nitrogens with zero attached hydrogens (tertiary/aromatic N) is 4. The molecule has 0 aliphatic carbocycles. The van der Waals surface area contributed by atoms with Gasteiger partial charge in [0.1, 0.15) is 12.6 Å². The molecule has 37 heavy (non-hydrogen) atoms. The molecule has 0 aliphatic rings. The van der Waals surface area contributed by atoms with E-state index in [1.807, 2.05) is 6.92 Å². The zero-order valence-corrected chi connectivity index (χ0v) is 20.4. The first kappa shape index (κ1) is 25.9. The summed E-state index contributed by atoms with van der Waals surface area (Å²) in [6.45, 7) is 1.70. The largest absolute Gasteiger partial charge is 0.405 e. The van der Waals surface area contributed by atoms with Gasteiger partial charge in [0, 0.05) is 23.3 Å². The summed E-state index contributed by atoms with van der Waals surface area (Å²) in [7, 11) is -4.02. The number of aryl methyl sites for hydroxylation is 1. The van der Waals surface area contributed by atoms with Gasteiger partial charge in [-0.3, -0.25) is 4.79 Å². The van der Waals surface area contributed by atoms with Gasteiger partial charge in [-0.2, -0.15) is 13.2 Å². The number of rotatable bonds is 7. The predicted molar refractivity (Wildman–Crippen MR) is 131 cm³/mol. The van der Waals surface area contributed by atoms with E-state index in [-0.39, 0.29) is 27.9 Å². The molecule has 0 saturated carbocycles. The fourth-order valence-electron chi connectivity index (χ4n) is 3.46. The number of pyridine rings is 1. The summed E-state index contributed by atoms with van der Waals surface area (Å²) in [6, 6.07) is 8.51. The maximum atomic E-state index is 13.4. The van der Waals surface area contributed by atoms with Gasteiger partial charge in [-0.15, -0.1) is 0 Å². The van der Waals surface area contributed by atoms with Gasteiger partial charge in [0.2, 0.25) is 5.91 Å². The Morgan fingerprint density at radius 2 is 1.86 bits per heavy atom. The average molecular weight is 534 g/mol. The average Bonchev–Trinajstić information content (AvgIpc) is 3.24. The van der Waals surface area contributed by atoms with Crippen LogP contribution in [0, 0.1) is 6.92 Å². The number of aromatic nitrogens is 4. The summed E-state index contributed by atoms with van der Waals surface area (Å²) in [4.78, 5) is 24.9. The molecule has 0 radical (unpaired) electrons. The van der Waals surface area contributed by atoms with Crippen molar-refractivity contribution in [2.24, 2.45) is 0 Å². The van der Waals surface area contributed by atoms with E-state index < -0.39 is 34.7 Å². The molecule has 0 bridgehead atoms. The molecular weight excluding hydrogens is 511 g/mol. The van der Waals surface area contributed by atoms with Gasteiger partial charge < -0.3 is 16.4 Å². The van der Waals surface area contributed by atoms with E-state index in [1.165, 1.54) is 37.6 Å². The van der Waals surface area contributed by atoms with Gasteiger partial charge in [-0.25, -0.2) is 27.3 Å². The first-order valence-corrected chi connectivity index (χ1v) is 12.3. The lowest BCUT2D eigenvalue weighted by Crippen LogP contribution is -2.42. The van der Waals surface area contributed by atoms with Crippen molar-refractivity contribution in [3.63, 3.8) is 0 Å². The van der Waals surface area contributed by atoms with Gasteiger partial charge in [0.15, 0.2) is 17.3 Å². The number of halogens is 3. The fraction of sp³-hybridized carbons (Fsp3) is 0.217. The van der Waals surface area contributed by atoms with Gasteiger partial charge in [-0.1, -0.05) is 17.7 Å². The third kappa shape index (κ3) is 5.48. The third-order valence-electron chi connectivity index (χ3n) is 5.38. The molecule has 0 saturated heterocycles. The molecule has 3 heterocycles. The molecule has 3 aromatic heterocycles. The number of hydrogen-bond acceptors (Lipinski definition) is 8. The highest BCUT2D eigenvalue weighted by Gasteiger charge is 2.29. The van der Waals surface area contributed by atoms with E-state index in [2.05, 4.69) is 20.3 Å². The van der Waals surface area contributed by atoms with Crippen molar-refractivity contribution in [1.29, 1.82) is 0 Å². The van der Waals surface area contributed by atoms with Crippen LogP contribution in [0.4, 0.5) is 24.7 Å². The van der Waals surface area contributed by atoms with Crippen LogP contribution in [0.2, 0.25) is 0 Å². The second kappa shape index (κ2) is 9.69. The standard InChI is InChI=1S/C23H22F3N7O3S/c1-13-5-7-15(8-6-13)37(35,36)33-11-17(16-4-3-9-28-21(16)33)19-29-10-18(27)20(32-19)31-14(2)22(34)30-12-23(24,25)26/h3-11,14H,12,27H2,1-2H3,(H,30,34)(H,29,31,32). The Morgan fingerprint density at radius 3 is 2.54 bits per heavy atom. The van der Waals surface area contributed by atoms with E-state index in [9.17, 15) is 26.4 Å². The van der Waals surface area contributed by atoms with Gasteiger partial charge in [-0.05, 0) is 38.1 Å². The summed E-state index contributed by atoms with van der Waals surface area (Å²) < 4.78 is 65.1. The van der Waals surface area contributed by atoms with Crippen molar-refractivity contribution in [3.8, 4) is 11.4 Å². The molecule has 0 aliphatic heterocycles. The number of nitrogen functional groups attached to an aromatic ring is 1. The number of alkyl halides is 3. The first-order chi connectivity index (χ1) is 17.4. The Hall–Kier alpha value is -4.20. The Kier molecular flexibility index (Phi) is 6.78. The van der Waals surface area contributed by atoms with Crippen molar-refractivity contribution < 1.29 is 26.4 Å². The second-order valence-electron chi connectivity index (χ2n) is 8.23. The molecule has 4 N–H and O–H groups in total. The lowest BCUT2D eigenvalue weighted by Gasteiger charge is -2.17. The molecular formula is C23H22F3N7O3S. The number of anilines is 2. The zero-order valence-electron chi connectivity index (χ0n) is 19.6. The molecule has 10 nitrogen and oxygen atoms in total. The molecule has 1 unspecified atom stereocenters. The molecule has 1 aromatic carbocycles. The van der Waals surface area contributed by atoms with E-state index in [1.54, 1.807) is 29.6 Å². The summed E-state index contributed by atoms with van der Waals surface area (Å²) in [5.41, 5.74) is 7.31. The Bertz CT molecular complexity index is 1570. The van der Waals surface area contributed by atoms with Crippen LogP contribution in [0.25, 0.3) is 22.4 Å². The molecule has 4 rings (SSSR count). The Balaban J connectivity index is 1.72. The lowest BCUT2D eigenvalue weighted by atomic mass is 10.2. The minimum absolute atomic E-state index is 0.00848. The molecule has 4 aromatic rings. The normalized spacial score (nSPS) is 12.9. The molecule has 1 atom stereocenters. The lowest BCUT2D eigenvalue weighted by molar-refractivity contribution is -0.138. The Morgan fingerprint density at radius 1 is 1.16 bits per heavy atom. The van der Waals surface area contributed by atoms with E-state index in [4.69, 9.17) is 5.73 Å². The zero-order chi connectivity index (χ0) is 27.0.